The second-order valence-electron chi connectivity index (χ2n) is 8.10. The van der Waals surface area contributed by atoms with Crippen LogP contribution in [0, 0.1) is 55.4 Å². The first-order chi connectivity index (χ1) is 11.6. The highest BCUT2D eigenvalue weighted by molar-refractivity contribution is 6.14. The van der Waals surface area contributed by atoms with Gasteiger partial charge in [-0.2, -0.15) is 0 Å². The van der Waals surface area contributed by atoms with Crippen LogP contribution in [0.3, 0.4) is 0 Å². The zero-order chi connectivity index (χ0) is 18.8. The largest absolute Gasteiger partial charge is 0.326 e. The number of rotatable bonds is 2. The molecule has 25 heavy (non-hydrogen) atoms. The second kappa shape index (κ2) is 5.88. The van der Waals surface area contributed by atoms with Crippen LogP contribution in [0.25, 0.3) is 21.8 Å². The van der Waals surface area contributed by atoms with E-state index in [1.165, 1.54) is 66.3 Å². The molecule has 3 aromatic rings. The Morgan fingerprint density at radius 1 is 0.520 bits per heavy atom. The molecule has 2 nitrogen and oxygen atoms in total. The third-order valence-electron chi connectivity index (χ3n) is 6.52. The molecule has 134 valence electrons. The molecule has 0 spiro atoms. The molecule has 2 heteroatoms. The van der Waals surface area contributed by atoms with Gasteiger partial charge < -0.3 is 4.57 Å². The van der Waals surface area contributed by atoms with E-state index in [4.69, 9.17) is 0 Å². The van der Waals surface area contributed by atoms with E-state index in [9.17, 15) is 0 Å². The number of aryl methyl sites for hydroxylation is 4. The minimum Gasteiger partial charge on any atom is -0.326 e. The van der Waals surface area contributed by atoms with Gasteiger partial charge in [-0.15, -0.1) is 0 Å². The Bertz CT molecular complexity index is 940. The lowest BCUT2D eigenvalue weighted by Gasteiger charge is -2.18. The maximum Gasteiger partial charge on any atom is 0.0752 e. The van der Waals surface area contributed by atoms with Crippen molar-refractivity contribution in [1.29, 1.82) is 0 Å². The van der Waals surface area contributed by atoms with Gasteiger partial charge in [-0.3, -0.25) is 4.90 Å². The van der Waals surface area contributed by atoms with Crippen molar-refractivity contribution in [3.05, 3.63) is 44.5 Å². The standard InChI is InChI=1S/C23H32N2/c1-12-14(3)18(7)22-20(16(12)5)21-17(6)13(2)15(4)19(8)23(21)25(22)11-24(9)10/h11H2,1-10H3. The van der Waals surface area contributed by atoms with E-state index >= 15 is 0 Å². The van der Waals surface area contributed by atoms with E-state index in [-0.39, 0.29) is 0 Å². The molecular formula is C23H32N2. The molecule has 0 unspecified atom stereocenters. The smallest absolute Gasteiger partial charge is 0.0752 e. The van der Waals surface area contributed by atoms with Crippen molar-refractivity contribution >= 4 is 21.8 Å². The van der Waals surface area contributed by atoms with Crippen molar-refractivity contribution in [3.8, 4) is 0 Å². The first-order valence-corrected chi connectivity index (χ1v) is 9.22. The highest BCUT2D eigenvalue weighted by Gasteiger charge is 2.22. The van der Waals surface area contributed by atoms with E-state index in [2.05, 4.69) is 79.0 Å². The summed E-state index contributed by atoms with van der Waals surface area (Å²) in [5, 5.41) is 2.92. The molecule has 0 atom stereocenters. The molecule has 0 saturated carbocycles. The van der Waals surface area contributed by atoms with Crippen LogP contribution >= 0.6 is 0 Å². The molecule has 0 bridgehead atoms. The second-order valence-corrected chi connectivity index (χ2v) is 8.10. The van der Waals surface area contributed by atoms with Crippen LogP contribution in [0.5, 0.6) is 0 Å². The van der Waals surface area contributed by atoms with Crippen LogP contribution in [0.2, 0.25) is 0 Å². The van der Waals surface area contributed by atoms with E-state index in [0.29, 0.717) is 0 Å². The van der Waals surface area contributed by atoms with E-state index in [1.54, 1.807) is 0 Å². The van der Waals surface area contributed by atoms with Crippen molar-refractivity contribution in [3.63, 3.8) is 0 Å². The lowest BCUT2D eigenvalue weighted by Crippen LogP contribution is -2.17. The first-order valence-electron chi connectivity index (χ1n) is 9.22. The molecule has 3 rings (SSSR count). The Morgan fingerprint density at radius 3 is 1.16 bits per heavy atom. The number of hydrogen-bond acceptors (Lipinski definition) is 1. The maximum absolute atomic E-state index is 2.55. The monoisotopic (exact) mass is 336 g/mol. The number of nitrogens with zero attached hydrogens (tertiary/aromatic N) is 2. The summed E-state index contributed by atoms with van der Waals surface area (Å²) in [5.41, 5.74) is 14.3. The number of benzene rings is 2. The van der Waals surface area contributed by atoms with Gasteiger partial charge in [-0.25, -0.2) is 0 Å². The molecule has 1 heterocycles. The fraction of sp³-hybridized carbons (Fsp3) is 0.478. The molecule has 0 radical (unpaired) electrons. The van der Waals surface area contributed by atoms with Crippen LogP contribution < -0.4 is 0 Å². The van der Waals surface area contributed by atoms with Crippen LogP contribution in [-0.4, -0.2) is 23.6 Å². The fourth-order valence-corrected chi connectivity index (χ4v) is 4.41. The summed E-state index contributed by atoms with van der Waals surface area (Å²) in [6.07, 6.45) is 0. The Labute approximate surface area is 152 Å². The average molecular weight is 337 g/mol. The summed E-state index contributed by atoms with van der Waals surface area (Å²) in [5.74, 6) is 0. The van der Waals surface area contributed by atoms with Gasteiger partial charge in [0, 0.05) is 10.8 Å². The summed E-state index contributed by atoms with van der Waals surface area (Å²) in [6.45, 7) is 19.2. The SMILES string of the molecule is Cc1c(C)c(C)c2c(c1C)c1c(C)c(C)c(C)c(C)c1n2CN(C)C. The Kier molecular flexibility index (Phi) is 4.23. The molecule has 0 aliphatic heterocycles. The van der Waals surface area contributed by atoms with Crippen LogP contribution in [0.15, 0.2) is 0 Å². The molecule has 0 fully saturated rings. The van der Waals surface area contributed by atoms with Crippen molar-refractivity contribution in [1.82, 2.24) is 9.47 Å². The van der Waals surface area contributed by atoms with Gasteiger partial charge in [0.15, 0.2) is 0 Å². The van der Waals surface area contributed by atoms with Gasteiger partial charge in [-0.05, 0) is 114 Å². The molecule has 2 aromatic carbocycles. The van der Waals surface area contributed by atoms with Crippen molar-refractivity contribution in [2.24, 2.45) is 0 Å². The third kappa shape index (κ3) is 2.34. The molecule has 0 amide bonds. The summed E-state index contributed by atoms with van der Waals surface area (Å²) in [4.78, 5) is 2.27. The van der Waals surface area contributed by atoms with E-state index < -0.39 is 0 Å². The van der Waals surface area contributed by atoms with E-state index in [1.807, 2.05) is 0 Å². The quantitative estimate of drug-likeness (QED) is 0.576. The highest BCUT2D eigenvalue weighted by atomic mass is 15.2. The predicted molar refractivity (Wildman–Crippen MR) is 111 cm³/mol. The van der Waals surface area contributed by atoms with Crippen molar-refractivity contribution in [2.45, 2.75) is 62.1 Å². The lowest BCUT2D eigenvalue weighted by atomic mass is 9.90. The third-order valence-corrected chi connectivity index (χ3v) is 6.52. The summed E-state index contributed by atoms with van der Waals surface area (Å²) in [7, 11) is 4.31. The number of aromatic nitrogens is 1. The molecule has 1 aromatic heterocycles. The average Bonchev–Trinajstić information content (AvgIpc) is 2.88. The minimum atomic E-state index is 0.908. The van der Waals surface area contributed by atoms with Gasteiger partial charge in [0.1, 0.15) is 0 Å². The van der Waals surface area contributed by atoms with Crippen LogP contribution in [-0.2, 0) is 6.67 Å². The molecule has 0 saturated heterocycles. The summed E-state index contributed by atoms with van der Waals surface area (Å²) < 4.78 is 2.55. The number of hydrogen-bond donors (Lipinski definition) is 0. The fourth-order valence-electron chi connectivity index (χ4n) is 4.41. The molecule has 0 N–H and O–H groups in total. The first kappa shape index (κ1) is 18.0. The van der Waals surface area contributed by atoms with E-state index in [0.717, 1.165) is 6.67 Å². The van der Waals surface area contributed by atoms with Gasteiger partial charge in [-0.1, -0.05) is 0 Å². The zero-order valence-electron chi connectivity index (χ0n) is 17.6. The predicted octanol–water partition coefficient (Wildman–Crippen LogP) is 5.78. The maximum atomic E-state index is 2.55. The van der Waals surface area contributed by atoms with Crippen LogP contribution in [0.1, 0.15) is 44.5 Å². The van der Waals surface area contributed by atoms with Gasteiger partial charge in [0.05, 0.1) is 17.7 Å². The topological polar surface area (TPSA) is 8.17 Å². The lowest BCUT2D eigenvalue weighted by molar-refractivity contribution is 0.337. The highest BCUT2D eigenvalue weighted by Crippen LogP contribution is 2.41. The summed E-state index contributed by atoms with van der Waals surface area (Å²) in [6, 6.07) is 0. The van der Waals surface area contributed by atoms with Gasteiger partial charge >= 0.3 is 0 Å². The zero-order valence-corrected chi connectivity index (χ0v) is 17.6. The Morgan fingerprint density at radius 2 is 0.840 bits per heavy atom. The number of fused-ring (bicyclic) bond motifs is 3. The van der Waals surface area contributed by atoms with Crippen molar-refractivity contribution < 1.29 is 0 Å². The molecular weight excluding hydrogens is 304 g/mol. The summed E-state index contributed by atoms with van der Waals surface area (Å²) >= 11 is 0. The normalized spacial score (nSPS) is 12.1. The van der Waals surface area contributed by atoms with Crippen LogP contribution in [0.4, 0.5) is 0 Å². The van der Waals surface area contributed by atoms with Crippen molar-refractivity contribution in [2.75, 3.05) is 14.1 Å². The molecule has 0 aliphatic rings. The Balaban J connectivity index is 2.75. The minimum absolute atomic E-state index is 0.908. The van der Waals surface area contributed by atoms with Gasteiger partial charge in [0.2, 0.25) is 0 Å². The Hall–Kier alpha value is -1.80. The molecule has 0 aliphatic carbocycles. The van der Waals surface area contributed by atoms with Gasteiger partial charge in [0.25, 0.3) is 0 Å².